The van der Waals surface area contributed by atoms with E-state index in [4.69, 9.17) is 0 Å². The molecule has 2 nitrogen and oxygen atoms in total. The Bertz CT molecular complexity index is 124. The zero-order chi connectivity index (χ0) is 8.23. The SMILES string of the molecule is C1CCC(CN2CCCC2)[N]C1. The van der Waals surface area contributed by atoms with E-state index >= 15 is 0 Å². The van der Waals surface area contributed by atoms with Crippen molar-refractivity contribution in [2.75, 3.05) is 26.2 Å². The molecule has 0 N–H and O–H groups in total. The van der Waals surface area contributed by atoms with Crippen LogP contribution in [-0.4, -0.2) is 37.1 Å². The molecule has 1 unspecified atom stereocenters. The number of likely N-dealkylation sites (tertiary alicyclic amines) is 1. The number of nitrogens with zero attached hydrogens (tertiary/aromatic N) is 2. The van der Waals surface area contributed by atoms with Gasteiger partial charge in [-0.2, -0.15) is 0 Å². The summed E-state index contributed by atoms with van der Waals surface area (Å²) in [4.78, 5) is 2.58. The Hall–Kier alpha value is -0.0800. The third-order valence-corrected chi connectivity index (χ3v) is 3.00. The van der Waals surface area contributed by atoms with Crippen LogP contribution in [0.5, 0.6) is 0 Å². The molecule has 69 valence electrons. The van der Waals surface area contributed by atoms with Gasteiger partial charge in [0.05, 0.1) is 0 Å². The summed E-state index contributed by atoms with van der Waals surface area (Å²) in [6.45, 7) is 5.02. The average Bonchev–Trinajstić information content (AvgIpc) is 2.59. The van der Waals surface area contributed by atoms with Crippen molar-refractivity contribution < 1.29 is 0 Å². The fourth-order valence-electron chi connectivity index (χ4n) is 2.27. The van der Waals surface area contributed by atoms with Crippen LogP contribution in [-0.2, 0) is 0 Å². The standard InChI is InChI=1S/C10H19N2/c1-2-6-11-10(5-1)9-12-7-3-4-8-12/h10H,1-9H2. The predicted molar refractivity (Wildman–Crippen MR) is 50.3 cm³/mol. The molecule has 0 bridgehead atoms. The Balaban J connectivity index is 1.69. The van der Waals surface area contributed by atoms with Crippen molar-refractivity contribution in [1.29, 1.82) is 0 Å². The molecule has 2 aliphatic rings. The van der Waals surface area contributed by atoms with Crippen LogP contribution in [0.4, 0.5) is 0 Å². The van der Waals surface area contributed by atoms with Crippen LogP contribution in [0.2, 0.25) is 0 Å². The van der Waals surface area contributed by atoms with Crippen molar-refractivity contribution in [3.05, 3.63) is 0 Å². The number of rotatable bonds is 2. The van der Waals surface area contributed by atoms with E-state index in [2.05, 4.69) is 10.2 Å². The predicted octanol–water partition coefficient (Wildman–Crippen LogP) is 1.24. The van der Waals surface area contributed by atoms with Gasteiger partial charge in [-0.15, -0.1) is 0 Å². The molecule has 1 radical (unpaired) electrons. The topological polar surface area (TPSA) is 17.3 Å². The van der Waals surface area contributed by atoms with Gasteiger partial charge in [-0.25, -0.2) is 5.32 Å². The van der Waals surface area contributed by atoms with Gasteiger partial charge in [-0.1, -0.05) is 6.42 Å². The van der Waals surface area contributed by atoms with Gasteiger partial charge in [0.25, 0.3) is 0 Å². The first kappa shape index (κ1) is 8.52. The van der Waals surface area contributed by atoms with Gasteiger partial charge in [-0.05, 0) is 38.8 Å². The van der Waals surface area contributed by atoms with Crippen LogP contribution < -0.4 is 5.32 Å². The van der Waals surface area contributed by atoms with Crippen LogP contribution in [0.25, 0.3) is 0 Å². The lowest BCUT2D eigenvalue weighted by molar-refractivity contribution is 0.260. The van der Waals surface area contributed by atoms with Crippen molar-refractivity contribution in [3.8, 4) is 0 Å². The molecule has 2 aliphatic heterocycles. The lowest BCUT2D eigenvalue weighted by Crippen LogP contribution is -2.38. The molecule has 0 aromatic carbocycles. The quantitative estimate of drug-likeness (QED) is 0.605. The van der Waals surface area contributed by atoms with Gasteiger partial charge in [0.1, 0.15) is 0 Å². The molecular weight excluding hydrogens is 148 g/mol. The Morgan fingerprint density at radius 2 is 1.92 bits per heavy atom. The molecule has 2 rings (SSSR count). The largest absolute Gasteiger partial charge is 0.302 e. The first-order chi connectivity index (χ1) is 5.95. The maximum Gasteiger partial charge on any atom is 0.0373 e. The lowest BCUT2D eigenvalue weighted by Gasteiger charge is -2.26. The fourth-order valence-corrected chi connectivity index (χ4v) is 2.27. The summed E-state index contributed by atoms with van der Waals surface area (Å²) in [5, 5.41) is 4.65. The highest BCUT2D eigenvalue weighted by Gasteiger charge is 2.19. The van der Waals surface area contributed by atoms with Crippen LogP contribution in [0, 0.1) is 0 Å². The monoisotopic (exact) mass is 167 g/mol. The number of piperidine rings is 1. The average molecular weight is 167 g/mol. The van der Waals surface area contributed by atoms with Gasteiger partial charge in [-0.3, -0.25) is 0 Å². The van der Waals surface area contributed by atoms with Crippen molar-refractivity contribution >= 4 is 0 Å². The van der Waals surface area contributed by atoms with Gasteiger partial charge in [0.15, 0.2) is 0 Å². The maximum atomic E-state index is 4.65. The summed E-state index contributed by atoms with van der Waals surface area (Å²) in [5.74, 6) is 0. The van der Waals surface area contributed by atoms with Crippen LogP contribution >= 0.6 is 0 Å². The summed E-state index contributed by atoms with van der Waals surface area (Å²) in [7, 11) is 0. The second kappa shape index (κ2) is 4.24. The minimum Gasteiger partial charge on any atom is -0.302 e. The second-order valence-electron chi connectivity index (χ2n) is 4.06. The van der Waals surface area contributed by atoms with E-state index in [0.29, 0.717) is 6.04 Å². The Labute approximate surface area is 75.3 Å². The Morgan fingerprint density at radius 1 is 1.08 bits per heavy atom. The molecule has 1 atom stereocenters. The Morgan fingerprint density at radius 3 is 2.58 bits per heavy atom. The highest BCUT2D eigenvalue weighted by atomic mass is 15.2. The molecule has 0 aliphatic carbocycles. The van der Waals surface area contributed by atoms with Gasteiger partial charge in [0.2, 0.25) is 0 Å². The minimum atomic E-state index is 0.678. The third kappa shape index (κ3) is 2.20. The molecule has 0 aromatic rings. The first-order valence-corrected chi connectivity index (χ1v) is 5.34. The summed E-state index contributed by atoms with van der Waals surface area (Å²) in [6.07, 6.45) is 6.90. The normalized spacial score (nSPS) is 32.5. The van der Waals surface area contributed by atoms with E-state index in [-0.39, 0.29) is 0 Å². The molecule has 0 aromatic heterocycles. The fraction of sp³-hybridized carbons (Fsp3) is 1.00. The molecule has 0 spiro atoms. The van der Waals surface area contributed by atoms with Crippen molar-refractivity contribution in [2.24, 2.45) is 0 Å². The van der Waals surface area contributed by atoms with E-state index < -0.39 is 0 Å². The molecule has 0 amide bonds. The number of hydrogen-bond acceptors (Lipinski definition) is 1. The molecule has 2 heterocycles. The summed E-state index contributed by atoms with van der Waals surface area (Å²) in [5.41, 5.74) is 0. The van der Waals surface area contributed by atoms with E-state index in [1.807, 2.05) is 0 Å². The van der Waals surface area contributed by atoms with Crippen LogP contribution in [0.1, 0.15) is 32.1 Å². The van der Waals surface area contributed by atoms with Crippen LogP contribution in [0.3, 0.4) is 0 Å². The van der Waals surface area contributed by atoms with Gasteiger partial charge in [0, 0.05) is 19.1 Å². The zero-order valence-corrected chi connectivity index (χ0v) is 7.84. The summed E-state index contributed by atoms with van der Waals surface area (Å²) >= 11 is 0. The van der Waals surface area contributed by atoms with Gasteiger partial charge < -0.3 is 4.90 Å². The molecule has 2 heteroatoms. The van der Waals surface area contributed by atoms with Crippen molar-refractivity contribution in [1.82, 2.24) is 10.2 Å². The summed E-state index contributed by atoms with van der Waals surface area (Å²) < 4.78 is 0. The summed E-state index contributed by atoms with van der Waals surface area (Å²) in [6, 6.07) is 0.678. The first-order valence-electron chi connectivity index (χ1n) is 5.34. The third-order valence-electron chi connectivity index (χ3n) is 3.00. The molecule has 2 saturated heterocycles. The smallest absolute Gasteiger partial charge is 0.0373 e. The van der Waals surface area contributed by atoms with Crippen LogP contribution in [0.15, 0.2) is 0 Å². The molecular formula is C10H19N2. The molecule has 0 saturated carbocycles. The highest BCUT2D eigenvalue weighted by molar-refractivity contribution is 4.77. The Kier molecular flexibility index (Phi) is 3.01. The van der Waals surface area contributed by atoms with Crippen molar-refractivity contribution in [3.63, 3.8) is 0 Å². The van der Waals surface area contributed by atoms with Crippen molar-refractivity contribution in [2.45, 2.75) is 38.1 Å². The maximum absolute atomic E-state index is 4.65. The van der Waals surface area contributed by atoms with E-state index in [0.717, 1.165) is 6.54 Å². The van der Waals surface area contributed by atoms with E-state index in [1.165, 1.54) is 51.7 Å². The highest BCUT2D eigenvalue weighted by Crippen LogP contribution is 2.13. The van der Waals surface area contributed by atoms with E-state index in [1.54, 1.807) is 0 Å². The lowest BCUT2D eigenvalue weighted by atomic mass is 10.0. The van der Waals surface area contributed by atoms with E-state index in [9.17, 15) is 0 Å². The molecule has 12 heavy (non-hydrogen) atoms. The van der Waals surface area contributed by atoms with Gasteiger partial charge >= 0.3 is 0 Å². The zero-order valence-electron chi connectivity index (χ0n) is 7.84. The number of hydrogen-bond donors (Lipinski definition) is 0. The second-order valence-corrected chi connectivity index (χ2v) is 4.06. The minimum absolute atomic E-state index is 0.678. The molecule has 2 fully saturated rings.